The molecular weight excluding hydrogens is 464 g/mol. The highest BCUT2D eigenvalue weighted by Gasteiger charge is 2.20. The summed E-state index contributed by atoms with van der Waals surface area (Å²) in [7, 11) is 0. The van der Waals surface area contributed by atoms with Crippen LogP contribution in [0.3, 0.4) is 0 Å². The van der Waals surface area contributed by atoms with Crippen LogP contribution in [0.4, 0.5) is 0 Å². The Bertz CT molecular complexity index is 387. The molecule has 0 aliphatic carbocycles. The summed E-state index contributed by atoms with van der Waals surface area (Å²) in [5.41, 5.74) is 1.22. The first-order valence-electron chi connectivity index (χ1n) is 5.15. The third-order valence-corrected chi connectivity index (χ3v) is 7.61. The highest BCUT2D eigenvalue weighted by molar-refractivity contribution is 9.15. The predicted octanol–water partition coefficient (Wildman–Crippen LogP) is 6.69. The number of hydrogen-bond acceptors (Lipinski definition) is 0. The summed E-state index contributed by atoms with van der Waals surface area (Å²) in [5.74, 6) is 1.13. The molecule has 0 aliphatic heterocycles. The molecule has 1 rings (SSSR count). The van der Waals surface area contributed by atoms with Crippen molar-refractivity contribution in [2.24, 2.45) is 5.92 Å². The summed E-state index contributed by atoms with van der Waals surface area (Å²) >= 11 is 14.2. The fourth-order valence-corrected chi connectivity index (χ4v) is 3.80. The van der Waals surface area contributed by atoms with Crippen LogP contribution in [0, 0.1) is 12.0 Å². The number of hydrogen-bond donors (Lipinski definition) is 0. The maximum Gasteiger partial charge on any atom is 0.0477 e. The topological polar surface area (TPSA) is 0 Å². The fraction of sp³-hybridized carbons (Fsp3) is 0.500. The minimum absolute atomic E-state index is 0.486. The predicted molar refractivity (Wildman–Crippen MR) is 83.9 cm³/mol. The molecule has 16 heavy (non-hydrogen) atoms. The molecule has 0 aromatic heterocycles. The van der Waals surface area contributed by atoms with Crippen LogP contribution in [0.15, 0.2) is 17.9 Å². The van der Waals surface area contributed by atoms with Gasteiger partial charge in [-0.15, -0.1) is 0 Å². The van der Waals surface area contributed by atoms with Crippen LogP contribution < -0.4 is 0 Å². The molecule has 4 heteroatoms. The van der Waals surface area contributed by atoms with Gasteiger partial charge in [0.05, 0.1) is 0 Å². The molecule has 0 bridgehead atoms. The Balaban J connectivity index is 3.25. The van der Waals surface area contributed by atoms with E-state index in [9.17, 15) is 0 Å². The van der Waals surface area contributed by atoms with Crippen molar-refractivity contribution in [3.05, 3.63) is 29.5 Å². The third-order valence-electron chi connectivity index (χ3n) is 3.01. The Hall–Kier alpha value is 1.14. The van der Waals surface area contributed by atoms with Gasteiger partial charge in [0.25, 0.3) is 0 Å². The molecule has 0 spiro atoms. The van der Waals surface area contributed by atoms with Crippen molar-refractivity contribution >= 4 is 63.7 Å². The Kier molecular flexibility index (Phi) is 6.03. The normalized spacial score (nSPS) is 14.9. The highest BCUT2D eigenvalue weighted by Crippen LogP contribution is 2.42. The van der Waals surface area contributed by atoms with Crippen molar-refractivity contribution in [2.45, 2.75) is 33.1 Å². The van der Waals surface area contributed by atoms with Gasteiger partial charge in [-0.2, -0.15) is 0 Å². The van der Waals surface area contributed by atoms with Gasteiger partial charge in [0.15, 0.2) is 0 Å². The van der Waals surface area contributed by atoms with E-state index in [4.69, 9.17) is 0 Å². The standard InChI is InChI=1S/C12H13Br4/c1-4-6(2)7(3)8-5-9(13)11(15)12(16)10(8)14/h6-7H,4H2,1-3H3. The quantitative estimate of drug-likeness (QED) is 0.337. The highest BCUT2D eigenvalue weighted by atomic mass is 79.9. The fourth-order valence-electron chi connectivity index (χ4n) is 1.49. The second-order valence-corrected chi connectivity index (χ2v) is 7.14. The Morgan fingerprint density at radius 2 is 1.56 bits per heavy atom. The molecule has 0 amide bonds. The van der Waals surface area contributed by atoms with E-state index < -0.39 is 0 Å². The number of halogens is 4. The zero-order chi connectivity index (χ0) is 12.5. The van der Waals surface area contributed by atoms with E-state index in [1.807, 2.05) is 0 Å². The average molecular weight is 477 g/mol. The lowest BCUT2D eigenvalue weighted by molar-refractivity contribution is 0.471. The van der Waals surface area contributed by atoms with Gasteiger partial charge in [-0.1, -0.05) is 27.2 Å². The molecule has 1 radical (unpaired) electrons. The van der Waals surface area contributed by atoms with Crippen LogP contribution >= 0.6 is 63.7 Å². The lowest BCUT2D eigenvalue weighted by atomic mass is 9.87. The lowest BCUT2D eigenvalue weighted by Crippen LogP contribution is -2.06. The van der Waals surface area contributed by atoms with Crippen LogP contribution in [0.5, 0.6) is 0 Å². The maximum atomic E-state index is 3.63. The monoisotopic (exact) mass is 473 g/mol. The Labute approximate surface area is 131 Å². The van der Waals surface area contributed by atoms with Gasteiger partial charge in [0.2, 0.25) is 0 Å². The van der Waals surface area contributed by atoms with E-state index in [0.717, 1.165) is 17.9 Å². The van der Waals surface area contributed by atoms with E-state index >= 15 is 0 Å². The van der Waals surface area contributed by atoms with Gasteiger partial charge >= 0.3 is 0 Å². The van der Waals surface area contributed by atoms with E-state index in [2.05, 4.69) is 90.6 Å². The summed E-state index contributed by atoms with van der Waals surface area (Å²) in [4.78, 5) is 0. The van der Waals surface area contributed by atoms with E-state index in [1.165, 1.54) is 12.0 Å². The van der Waals surface area contributed by atoms with Crippen molar-refractivity contribution < 1.29 is 0 Å². The van der Waals surface area contributed by atoms with Crippen LogP contribution in [-0.4, -0.2) is 0 Å². The van der Waals surface area contributed by atoms with Gasteiger partial charge in [-0.3, -0.25) is 0 Å². The molecule has 2 unspecified atom stereocenters. The van der Waals surface area contributed by atoms with Crippen LogP contribution in [-0.2, 0) is 0 Å². The zero-order valence-corrected chi connectivity index (χ0v) is 15.7. The minimum atomic E-state index is 0.486. The summed E-state index contributed by atoms with van der Waals surface area (Å²) in [6.07, 6.45) is 1.17. The van der Waals surface area contributed by atoms with Crippen molar-refractivity contribution in [3.63, 3.8) is 0 Å². The molecule has 0 heterocycles. The maximum absolute atomic E-state index is 3.63. The molecule has 0 N–H and O–H groups in total. The van der Waals surface area contributed by atoms with Crippen LogP contribution in [0.25, 0.3) is 0 Å². The van der Waals surface area contributed by atoms with Crippen LogP contribution in [0.1, 0.15) is 38.7 Å². The average Bonchev–Trinajstić information content (AvgIpc) is 2.29. The first-order valence-corrected chi connectivity index (χ1v) is 8.32. The zero-order valence-electron chi connectivity index (χ0n) is 9.37. The minimum Gasteiger partial charge on any atom is -0.0651 e. The molecule has 1 aromatic carbocycles. The van der Waals surface area contributed by atoms with Crippen molar-refractivity contribution in [2.75, 3.05) is 0 Å². The first kappa shape index (κ1) is 15.2. The number of rotatable bonds is 3. The Morgan fingerprint density at radius 1 is 1.00 bits per heavy atom. The molecule has 2 atom stereocenters. The molecule has 89 valence electrons. The molecule has 0 saturated carbocycles. The first-order chi connectivity index (χ1) is 7.40. The van der Waals surface area contributed by atoms with E-state index in [-0.39, 0.29) is 0 Å². The molecule has 1 aromatic rings. The SMILES string of the molecule is CCC(C)C(C)c1[c]c(Br)c(Br)c(Br)c1Br. The van der Waals surface area contributed by atoms with Crippen molar-refractivity contribution in [1.82, 2.24) is 0 Å². The van der Waals surface area contributed by atoms with E-state index in [0.29, 0.717) is 11.8 Å². The number of benzene rings is 1. The van der Waals surface area contributed by atoms with Crippen molar-refractivity contribution in [1.29, 1.82) is 0 Å². The summed E-state index contributed by atoms with van der Waals surface area (Å²) < 4.78 is 4.10. The lowest BCUT2D eigenvalue weighted by Gasteiger charge is -2.21. The smallest absolute Gasteiger partial charge is 0.0477 e. The molecule has 0 nitrogen and oxygen atoms in total. The molecule has 0 aliphatic rings. The van der Waals surface area contributed by atoms with Gasteiger partial charge in [-0.05, 0) is 81.1 Å². The summed E-state index contributed by atoms with van der Waals surface area (Å²) in [5, 5.41) is 0. The van der Waals surface area contributed by atoms with E-state index in [1.54, 1.807) is 0 Å². The van der Waals surface area contributed by atoms with Gasteiger partial charge in [0.1, 0.15) is 0 Å². The summed E-state index contributed by atoms with van der Waals surface area (Å²) in [6, 6.07) is 3.39. The van der Waals surface area contributed by atoms with Gasteiger partial charge in [0, 0.05) is 24.0 Å². The molecular formula is C12H13Br4. The molecule has 0 saturated heterocycles. The second-order valence-electron chi connectivity index (χ2n) is 3.97. The third kappa shape index (κ3) is 3.12. The summed E-state index contributed by atoms with van der Waals surface area (Å²) in [6.45, 7) is 6.74. The second kappa shape index (κ2) is 6.35. The van der Waals surface area contributed by atoms with Crippen molar-refractivity contribution in [3.8, 4) is 0 Å². The van der Waals surface area contributed by atoms with Gasteiger partial charge < -0.3 is 0 Å². The van der Waals surface area contributed by atoms with Gasteiger partial charge in [-0.25, -0.2) is 0 Å². The van der Waals surface area contributed by atoms with Crippen LogP contribution in [0.2, 0.25) is 0 Å². The Morgan fingerprint density at radius 3 is 2.06 bits per heavy atom. The molecule has 0 fully saturated rings. The largest absolute Gasteiger partial charge is 0.0651 e.